The van der Waals surface area contributed by atoms with Gasteiger partial charge in [0.2, 0.25) is 5.91 Å². The molecule has 1 amide bonds. The molecule has 1 heterocycles. The molecule has 1 aliphatic heterocycles. The predicted octanol–water partition coefficient (Wildman–Crippen LogP) is 1.71. The molecule has 0 saturated carbocycles. The van der Waals surface area contributed by atoms with E-state index in [4.69, 9.17) is 9.47 Å². The molecule has 0 aliphatic carbocycles. The van der Waals surface area contributed by atoms with E-state index in [9.17, 15) is 14.7 Å². The standard InChI is InChI=1S/C16H21NO5/c1-3-22-12-6-4-11(5-7-12)15-13(16(19)20)10-14(18)17(15)8-9-21-2/h4-7,13,15H,3,8-10H2,1-2H3,(H,19,20)/t13-,15-/m0/s1. The third-order valence-electron chi connectivity index (χ3n) is 3.82. The zero-order chi connectivity index (χ0) is 16.1. The van der Waals surface area contributed by atoms with Crippen molar-refractivity contribution in [3.63, 3.8) is 0 Å². The second-order valence-corrected chi connectivity index (χ2v) is 5.18. The number of hydrogen-bond acceptors (Lipinski definition) is 4. The number of methoxy groups -OCH3 is 1. The van der Waals surface area contributed by atoms with E-state index in [0.29, 0.717) is 19.8 Å². The van der Waals surface area contributed by atoms with Crippen LogP contribution >= 0.6 is 0 Å². The fourth-order valence-electron chi connectivity index (χ4n) is 2.81. The second-order valence-electron chi connectivity index (χ2n) is 5.18. The summed E-state index contributed by atoms with van der Waals surface area (Å²) in [5.74, 6) is -1.11. The van der Waals surface area contributed by atoms with Gasteiger partial charge >= 0.3 is 5.97 Å². The number of carbonyl (C=O) groups is 2. The molecule has 2 atom stereocenters. The molecule has 120 valence electrons. The van der Waals surface area contributed by atoms with Crippen LogP contribution in [0.2, 0.25) is 0 Å². The molecule has 0 bridgehead atoms. The van der Waals surface area contributed by atoms with Crippen molar-refractivity contribution in [2.75, 3.05) is 26.9 Å². The predicted molar refractivity (Wildman–Crippen MR) is 79.7 cm³/mol. The van der Waals surface area contributed by atoms with Crippen molar-refractivity contribution >= 4 is 11.9 Å². The summed E-state index contributed by atoms with van der Waals surface area (Å²) in [4.78, 5) is 25.2. The first kappa shape index (κ1) is 16.3. The van der Waals surface area contributed by atoms with Gasteiger partial charge in [-0.3, -0.25) is 9.59 Å². The van der Waals surface area contributed by atoms with E-state index in [-0.39, 0.29) is 12.3 Å². The average Bonchev–Trinajstić information content (AvgIpc) is 2.83. The number of rotatable bonds is 7. The van der Waals surface area contributed by atoms with E-state index >= 15 is 0 Å². The third kappa shape index (κ3) is 3.39. The van der Waals surface area contributed by atoms with Crippen LogP contribution in [0.4, 0.5) is 0 Å². The Balaban J connectivity index is 2.27. The maximum Gasteiger partial charge on any atom is 0.309 e. The van der Waals surface area contributed by atoms with E-state index in [1.54, 1.807) is 24.1 Å². The normalized spacial score (nSPS) is 21.2. The Morgan fingerprint density at radius 1 is 1.36 bits per heavy atom. The van der Waals surface area contributed by atoms with Gasteiger partial charge in [-0.15, -0.1) is 0 Å². The van der Waals surface area contributed by atoms with E-state index in [2.05, 4.69) is 0 Å². The number of benzene rings is 1. The summed E-state index contributed by atoms with van der Waals surface area (Å²) in [5.41, 5.74) is 0.804. The van der Waals surface area contributed by atoms with Crippen molar-refractivity contribution in [3.8, 4) is 5.75 Å². The van der Waals surface area contributed by atoms with Crippen molar-refractivity contribution < 1.29 is 24.2 Å². The average molecular weight is 307 g/mol. The Bertz CT molecular complexity index is 528. The smallest absolute Gasteiger partial charge is 0.309 e. The number of aliphatic carboxylic acids is 1. The Morgan fingerprint density at radius 3 is 2.59 bits per heavy atom. The van der Waals surface area contributed by atoms with E-state index in [1.165, 1.54) is 0 Å². The van der Waals surface area contributed by atoms with Crippen LogP contribution in [-0.4, -0.2) is 48.8 Å². The van der Waals surface area contributed by atoms with Crippen LogP contribution in [0.25, 0.3) is 0 Å². The van der Waals surface area contributed by atoms with Crippen LogP contribution in [0.1, 0.15) is 24.9 Å². The molecule has 1 aromatic carbocycles. The highest BCUT2D eigenvalue weighted by atomic mass is 16.5. The quantitative estimate of drug-likeness (QED) is 0.830. The zero-order valence-electron chi connectivity index (χ0n) is 12.8. The van der Waals surface area contributed by atoms with Gasteiger partial charge in [0.25, 0.3) is 0 Å². The molecule has 1 N–H and O–H groups in total. The highest BCUT2D eigenvalue weighted by Gasteiger charge is 2.44. The Labute approximate surface area is 129 Å². The van der Waals surface area contributed by atoms with Crippen LogP contribution in [0.3, 0.4) is 0 Å². The van der Waals surface area contributed by atoms with Crippen LogP contribution in [0.5, 0.6) is 5.75 Å². The van der Waals surface area contributed by atoms with Gasteiger partial charge in [0.05, 0.1) is 25.2 Å². The molecule has 6 nitrogen and oxygen atoms in total. The van der Waals surface area contributed by atoms with E-state index in [0.717, 1.165) is 11.3 Å². The van der Waals surface area contributed by atoms with Crippen molar-refractivity contribution in [2.45, 2.75) is 19.4 Å². The first-order valence-electron chi connectivity index (χ1n) is 7.32. The Hall–Kier alpha value is -2.08. The Morgan fingerprint density at radius 2 is 2.05 bits per heavy atom. The SMILES string of the molecule is CCOc1ccc([C@H]2[C@@H](C(=O)O)CC(=O)N2CCOC)cc1. The van der Waals surface area contributed by atoms with Crippen LogP contribution in [0.15, 0.2) is 24.3 Å². The summed E-state index contributed by atoms with van der Waals surface area (Å²) in [7, 11) is 1.56. The number of likely N-dealkylation sites (tertiary alicyclic amines) is 1. The second kappa shape index (κ2) is 7.26. The number of amides is 1. The molecule has 0 radical (unpaired) electrons. The van der Waals surface area contributed by atoms with Crippen LogP contribution in [-0.2, 0) is 14.3 Å². The summed E-state index contributed by atoms with van der Waals surface area (Å²) in [6, 6.07) is 6.79. The minimum absolute atomic E-state index is 0.0247. The first-order valence-corrected chi connectivity index (χ1v) is 7.32. The van der Waals surface area contributed by atoms with Gasteiger partial charge in [0, 0.05) is 20.1 Å². The monoisotopic (exact) mass is 307 g/mol. The molecule has 1 saturated heterocycles. The summed E-state index contributed by atoms with van der Waals surface area (Å²) in [6.07, 6.45) is 0.0247. The van der Waals surface area contributed by atoms with Crippen molar-refractivity contribution in [2.24, 2.45) is 5.92 Å². The maximum absolute atomic E-state index is 12.1. The summed E-state index contributed by atoms with van der Waals surface area (Å²) in [6.45, 7) is 3.23. The lowest BCUT2D eigenvalue weighted by Gasteiger charge is -2.27. The molecule has 0 aromatic heterocycles. The van der Waals surface area contributed by atoms with Gasteiger partial charge in [-0.05, 0) is 24.6 Å². The number of carboxylic acid groups (broad SMARTS) is 1. The van der Waals surface area contributed by atoms with Gasteiger partial charge in [0.1, 0.15) is 5.75 Å². The molecule has 1 aromatic rings. The van der Waals surface area contributed by atoms with Gasteiger partial charge in [-0.2, -0.15) is 0 Å². The highest BCUT2D eigenvalue weighted by molar-refractivity contribution is 5.87. The van der Waals surface area contributed by atoms with E-state index in [1.807, 2.05) is 19.1 Å². The van der Waals surface area contributed by atoms with Crippen molar-refractivity contribution in [1.82, 2.24) is 4.90 Å². The van der Waals surface area contributed by atoms with Gasteiger partial charge < -0.3 is 19.5 Å². The van der Waals surface area contributed by atoms with E-state index < -0.39 is 17.9 Å². The van der Waals surface area contributed by atoms with Gasteiger partial charge in [-0.25, -0.2) is 0 Å². The molecular formula is C16H21NO5. The fraction of sp³-hybridized carbons (Fsp3) is 0.500. The Kier molecular flexibility index (Phi) is 5.38. The number of carbonyl (C=O) groups excluding carboxylic acids is 1. The fourth-order valence-corrected chi connectivity index (χ4v) is 2.81. The molecule has 2 rings (SSSR count). The van der Waals surface area contributed by atoms with Crippen molar-refractivity contribution in [3.05, 3.63) is 29.8 Å². The number of hydrogen-bond donors (Lipinski definition) is 1. The molecule has 0 spiro atoms. The van der Waals surface area contributed by atoms with Crippen LogP contribution in [0, 0.1) is 5.92 Å². The van der Waals surface area contributed by atoms with Crippen LogP contribution < -0.4 is 4.74 Å². The minimum Gasteiger partial charge on any atom is -0.494 e. The lowest BCUT2D eigenvalue weighted by molar-refractivity contribution is -0.142. The molecule has 0 unspecified atom stereocenters. The topological polar surface area (TPSA) is 76.1 Å². The summed E-state index contributed by atoms with van der Waals surface area (Å²) < 4.78 is 10.4. The summed E-state index contributed by atoms with van der Waals surface area (Å²) >= 11 is 0. The largest absolute Gasteiger partial charge is 0.494 e. The van der Waals surface area contributed by atoms with Crippen molar-refractivity contribution in [1.29, 1.82) is 0 Å². The number of nitrogens with zero attached hydrogens (tertiary/aromatic N) is 1. The molecular weight excluding hydrogens is 286 g/mol. The molecule has 6 heteroatoms. The highest BCUT2D eigenvalue weighted by Crippen LogP contribution is 2.38. The lowest BCUT2D eigenvalue weighted by Crippen LogP contribution is -2.33. The third-order valence-corrected chi connectivity index (χ3v) is 3.82. The zero-order valence-corrected chi connectivity index (χ0v) is 12.8. The molecule has 1 fully saturated rings. The van der Waals surface area contributed by atoms with Gasteiger partial charge in [-0.1, -0.05) is 12.1 Å². The summed E-state index contributed by atoms with van der Waals surface area (Å²) in [5, 5.41) is 9.41. The first-order chi connectivity index (χ1) is 10.6. The van der Waals surface area contributed by atoms with Gasteiger partial charge in [0.15, 0.2) is 0 Å². The molecule has 1 aliphatic rings. The molecule has 22 heavy (non-hydrogen) atoms. The maximum atomic E-state index is 12.1. The number of carboxylic acids is 1. The number of ether oxygens (including phenoxy) is 2. The minimum atomic E-state index is -0.952. The lowest BCUT2D eigenvalue weighted by atomic mass is 9.93.